The molecule has 0 bridgehead atoms. The highest BCUT2D eigenvalue weighted by Crippen LogP contribution is 2.44. The number of carboxylic acids is 1. The molecule has 0 radical (unpaired) electrons. The zero-order valence-corrected chi connectivity index (χ0v) is 19.0. The maximum absolute atomic E-state index is 12.9. The Morgan fingerprint density at radius 3 is 2.34 bits per heavy atom. The van der Waals surface area contributed by atoms with Crippen molar-refractivity contribution in [2.45, 2.75) is 31.2 Å². The lowest BCUT2D eigenvalue weighted by Gasteiger charge is -2.23. The van der Waals surface area contributed by atoms with Crippen LogP contribution in [0.2, 0.25) is 0 Å². The van der Waals surface area contributed by atoms with E-state index in [9.17, 15) is 14.4 Å². The van der Waals surface area contributed by atoms with E-state index in [0.29, 0.717) is 13.0 Å². The standard InChI is InChI=1S/C27H25N3O5/c31-25(32)15-17-7-6-14-30(17)26(33)23-12-5-13-24(28-23)29-27(34)35-16-22-20-10-3-1-8-18(20)19-9-2-4-11-21(19)22/h1-5,8-13,17,22H,6-7,14-16H2,(H,31,32)(H,28,29,34)/t17-/m1/s1. The van der Waals surface area contributed by atoms with Gasteiger partial charge in [-0.1, -0.05) is 54.6 Å². The lowest BCUT2D eigenvalue weighted by molar-refractivity contribution is -0.137. The summed E-state index contributed by atoms with van der Waals surface area (Å²) in [6, 6.07) is 20.6. The summed E-state index contributed by atoms with van der Waals surface area (Å²) in [6.07, 6.45) is 0.648. The molecule has 8 nitrogen and oxygen atoms in total. The number of nitrogens with zero attached hydrogens (tertiary/aromatic N) is 2. The average molecular weight is 472 g/mol. The van der Waals surface area contributed by atoms with Crippen molar-refractivity contribution < 1.29 is 24.2 Å². The highest BCUT2D eigenvalue weighted by Gasteiger charge is 2.32. The molecule has 1 aliphatic carbocycles. The number of rotatable bonds is 6. The van der Waals surface area contributed by atoms with Gasteiger partial charge in [0, 0.05) is 18.5 Å². The lowest BCUT2D eigenvalue weighted by Crippen LogP contribution is -2.37. The van der Waals surface area contributed by atoms with Crippen LogP contribution < -0.4 is 5.32 Å². The van der Waals surface area contributed by atoms with Crippen molar-refractivity contribution in [3.63, 3.8) is 0 Å². The Kier molecular flexibility index (Phi) is 6.18. The number of fused-ring (bicyclic) bond motifs is 3. The summed E-state index contributed by atoms with van der Waals surface area (Å²) in [6.45, 7) is 0.658. The Bertz CT molecular complexity index is 1250. The maximum atomic E-state index is 12.9. The van der Waals surface area contributed by atoms with E-state index in [-0.39, 0.29) is 42.4 Å². The Hall–Kier alpha value is -4.20. The van der Waals surface area contributed by atoms with Crippen LogP contribution in [0.1, 0.15) is 46.8 Å². The molecule has 0 unspecified atom stereocenters. The Morgan fingerprint density at radius 2 is 1.66 bits per heavy atom. The number of benzene rings is 2. The van der Waals surface area contributed by atoms with Gasteiger partial charge in [0.25, 0.3) is 5.91 Å². The molecule has 3 aromatic rings. The summed E-state index contributed by atoms with van der Waals surface area (Å²) in [5.74, 6) is -1.14. The van der Waals surface area contributed by atoms with Gasteiger partial charge >= 0.3 is 12.1 Å². The monoisotopic (exact) mass is 471 g/mol. The number of likely N-dealkylation sites (tertiary alicyclic amines) is 1. The molecule has 1 aliphatic heterocycles. The first kappa shape index (κ1) is 22.6. The molecule has 5 rings (SSSR count). The third kappa shape index (κ3) is 4.59. The molecule has 2 aromatic carbocycles. The lowest BCUT2D eigenvalue weighted by atomic mass is 9.98. The number of aliphatic carboxylic acids is 1. The number of carbonyl (C=O) groups is 3. The molecule has 1 aromatic heterocycles. The number of anilines is 1. The van der Waals surface area contributed by atoms with Crippen LogP contribution in [-0.2, 0) is 9.53 Å². The number of hydrogen-bond donors (Lipinski definition) is 2. The summed E-state index contributed by atoms with van der Waals surface area (Å²) in [5, 5.41) is 11.7. The van der Waals surface area contributed by atoms with Crippen molar-refractivity contribution in [3.8, 4) is 11.1 Å². The second-order valence-corrected chi connectivity index (χ2v) is 8.75. The van der Waals surface area contributed by atoms with Crippen LogP contribution in [0.15, 0.2) is 66.7 Å². The minimum Gasteiger partial charge on any atom is -0.481 e. The van der Waals surface area contributed by atoms with Crippen molar-refractivity contribution in [1.82, 2.24) is 9.88 Å². The maximum Gasteiger partial charge on any atom is 0.412 e. The van der Waals surface area contributed by atoms with E-state index >= 15 is 0 Å². The van der Waals surface area contributed by atoms with E-state index < -0.39 is 12.1 Å². The first-order valence-corrected chi connectivity index (χ1v) is 11.6. The van der Waals surface area contributed by atoms with Gasteiger partial charge in [-0.3, -0.25) is 14.9 Å². The van der Waals surface area contributed by atoms with Crippen LogP contribution in [-0.4, -0.2) is 52.2 Å². The quantitative estimate of drug-likeness (QED) is 0.547. The fourth-order valence-electron chi connectivity index (χ4n) is 5.03. The fraction of sp³-hybridized carbons (Fsp3) is 0.259. The normalized spacial score (nSPS) is 16.5. The first-order valence-electron chi connectivity index (χ1n) is 11.6. The molecule has 0 spiro atoms. The molecule has 8 heteroatoms. The van der Waals surface area contributed by atoms with E-state index in [1.807, 2.05) is 36.4 Å². The van der Waals surface area contributed by atoms with Crippen LogP contribution in [0.3, 0.4) is 0 Å². The molecule has 1 saturated heterocycles. The minimum atomic E-state index is -0.937. The molecule has 1 atom stereocenters. The highest BCUT2D eigenvalue weighted by molar-refractivity contribution is 5.94. The van der Waals surface area contributed by atoms with Gasteiger partial charge in [0.2, 0.25) is 0 Å². The van der Waals surface area contributed by atoms with E-state index in [2.05, 4.69) is 22.4 Å². The van der Waals surface area contributed by atoms with Gasteiger partial charge in [-0.25, -0.2) is 9.78 Å². The van der Waals surface area contributed by atoms with Gasteiger partial charge in [0.05, 0.1) is 6.42 Å². The Balaban J connectivity index is 1.24. The van der Waals surface area contributed by atoms with Crippen molar-refractivity contribution >= 4 is 23.8 Å². The van der Waals surface area contributed by atoms with Crippen molar-refractivity contribution in [2.24, 2.45) is 0 Å². The number of ether oxygens (including phenoxy) is 1. The number of carbonyl (C=O) groups excluding carboxylic acids is 2. The molecule has 2 aliphatic rings. The van der Waals surface area contributed by atoms with Crippen LogP contribution in [0.4, 0.5) is 10.6 Å². The molecule has 178 valence electrons. The number of carboxylic acid groups (broad SMARTS) is 1. The SMILES string of the molecule is O=C(O)C[C@H]1CCCN1C(=O)c1cccc(NC(=O)OCC2c3ccccc3-c3ccccc32)n1. The number of aromatic nitrogens is 1. The van der Waals surface area contributed by atoms with Gasteiger partial charge in [-0.2, -0.15) is 0 Å². The van der Waals surface area contributed by atoms with Gasteiger partial charge in [0.1, 0.15) is 18.1 Å². The summed E-state index contributed by atoms with van der Waals surface area (Å²) in [7, 11) is 0. The molecule has 2 heterocycles. The summed E-state index contributed by atoms with van der Waals surface area (Å²) in [4.78, 5) is 42.4. The van der Waals surface area contributed by atoms with Crippen molar-refractivity contribution in [3.05, 3.63) is 83.6 Å². The number of pyridine rings is 1. The molecule has 0 saturated carbocycles. The van der Waals surface area contributed by atoms with E-state index in [0.717, 1.165) is 28.7 Å². The van der Waals surface area contributed by atoms with Gasteiger partial charge in [-0.05, 0) is 47.2 Å². The largest absolute Gasteiger partial charge is 0.481 e. The molecular weight excluding hydrogens is 446 g/mol. The Morgan fingerprint density at radius 1 is 0.971 bits per heavy atom. The van der Waals surface area contributed by atoms with Crippen LogP contribution in [0.25, 0.3) is 11.1 Å². The first-order chi connectivity index (χ1) is 17.0. The molecule has 1 fully saturated rings. The van der Waals surface area contributed by atoms with Crippen LogP contribution >= 0.6 is 0 Å². The predicted molar refractivity (Wildman–Crippen MR) is 129 cm³/mol. The second-order valence-electron chi connectivity index (χ2n) is 8.75. The van der Waals surface area contributed by atoms with Crippen molar-refractivity contribution in [2.75, 3.05) is 18.5 Å². The zero-order chi connectivity index (χ0) is 24.4. The fourth-order valence-corrected chi connectivity index (χ4v) is 5.03. The smallest absolute Gasteiger partial charge is 0.412 e. The highest BCUT2D eigenvalue weighted by atomic mass is 16.5. The number of amides is 2. The third-order valence-corrected chi connectivity index (χ3v) is 6.59. The predicted octanol–water partition coefficient (Wildman–Crippen LogP) is 4.52. The average Bonchev–Trinajstić information content (AvgIpc) is 3.44. The Labute approximate surface area is 202 Å². The number of hydrogen-bond acceptors (Lipinski definition) is 5. The second kappa shape index (κ2) is 9.58. The molecule has 35 heavy (non-hydrogen) atoms. The zero-order valence-electron chi connectivity index (χ0n) is 19.0. The summed E-state index contributed by atoms with van der Waals surface area (Å²) >= 11 is 0. The molecule has 2 amide bonds. The molecular formula is C27H25N3O5. The van der Waals surface area contributed by atoms with Gasteiger partial charge in [-0.15, -0.1) is 0 Å². The van der Waals surface area contributed by atoms with Gasteiger partial charge in [0.15, 0.2) is 0 Å². The molecule has 2 N–H and O–H groups in total. The van der Waals surface area contributed by atoms with Gasteiger partial charge < -0.3 is 14.7 Å². The van der Waals surface area contributed by atoms with E-state index in [1.54, 1.807) is 23.1 Å². The summed E-state index contributed by atoms with van der Waals surface area (Å²) < 4.78 is 5.55. The van der Waals surface area contributed by atoms with E-state index in [1.165, 1.54) is 0 Å². The summed E-state index contributed by atoms with van der Waals surface area (Å²) in [5.41, 5.74) is 4.68. The topological polar surface area (TPSA) is 109 Å². The van der Waals surface area contributed by atoms with Crippen molar-refractivity contribution in [1.29, 1.82) is 0 Å². The third-order valence-electron chi connectivity index (χ3n) is 6.59. The van der Waals surface area contributed by atoms with Crippen LogP contribution in [0, 0.1) is 0 Å². The number of nitrogens with one attached hydrogen (secondary N) is 1. The van der Waals surface area contributed by atoms with Crippen LogP contribution in [0.5, 0.6) is 0 Å². The minimum absolute atomic E-state index is 0.0599. The van der Waals surface area contributed by atoms with E-state index in [4.69, 9.17) is 9.84 Å².